The highest BCUT2D eigenvalue weighted by Crippen LogP contribution is 2.41. The summed E-state index contributed by atoms with van der Waals surface area (Å²) in [5.74, 6) is 1.09. The molecular formula is C18H17NO4S3. The number of thiophene rings is 1. The fourth-order valence-electron chi connectivity index (χ4n) is 2.36. The topological polar surface area (TPSA) is 57.7 Å². The van der Waals surface area contributed by atoms with Crippen LogP contribution in [0.3, 0.4) is 0 Å². The van der Waals surface area contributed by atoms with Gasteiger partial charge in [-0.3, -0.25) is 0 Å². The maximum atomic E-state index is 11.8. The molecule has 0 atom stereocenters. The summed E-state index contributed by atoms with van der Waals surface area (Å²) in [6.45, 7) is 0. The quantitative estimate of drug-likeness (QED) is 0.420. The highest BCUT2D eigenvalue weighted by Gasteiger charge is 2.18. The van der Waals surface area contributed by atoms with Gasteiger partial charge in [-0.1, -0.05) is 0 Å². The fraction of sp³-hybridized carbons (Fsp3) is 0.222. The van der Waals surface area contributed by atoms with Crippen LogP contribution >= 0.6 is 34.4 Å². The maximum Gasteiger partial charge on any atom is 0.348 e. The van der Waals surface area contributed by atoms with Crippen LogP contribution in [-0.4, -0.2) is 38.5 Å². The number of esters is 1. The molecule has 136 valence electrons. The molecule has 1 aromatic carbocycles. The lowest BCUT2D eigenvalue weighted by Crippen LogP contribution is -1.96. The van der Waals surface area contributed by atoms with E-state index in [0.717, 1.165) is 26.0 Å². The van der Waals surface area contributed by atoms with E-state index in [9.17, 15) is 4.79 Å². The molecule has 0 fully saturated rings. The SMILES string of the molecule is COC(=O)c1cc(-c2nc(-c3cc(OC)cc(OC)c3)cs2)c(SC)s1. The van der Waals surface area contributed by atoms with E-state index in [0.29, 0.717) is 16.4 Å². The third kappa shape index (κ3) is 3.72. The first-order valence-electron chi connectivity index (χ1n) is 7.55. The standard InChI is InChI=1S/C18H17NO4S3/c1-21-11-5-10(6-12(7-11)22-2)14-9-25-16(19-14)13-8-15(17(20)23-3)26-18(13)24-4/h5-9H,1-4H3. The van der Waals surface area contributed by atoms with Crippen LogP contribution in [0.25, 0.3) is 21.8 Å². The zero-order valence-electron chi connectivity index (χ0n) is 14.7. The van der Waals surface area contributed by atoms with Gasteiger partial charge >= 0.3 is 5.97 Å². The van der Waals surface area contributed by atoms with Crippen molar-refractivity contribution >= 4 is 40.4 Å². The van der Waals surface area contributed by atoms with E-state index in [1.54, 1.807) is 26.0 Å². The zero-order valence-corrected chi connectivity index (χ0v) is 17.1. The summed E-state index contributed by atoms with van der Waals surface area (Å²) in [6, 6.07) is 7.51. The molecule has 2 heterocycles. The van der Waals surface area contributed by atoms with Crippen molar-refractivity contribution in [3.63, 3.8) is 0 Å². The van der Waals surface area contributed by atoms with Crippen LogP contribution < -0.4 is 9.47 Å². The van der Waals surface area contributed by atoms with Crippen molar-refractivity contribution in [2.75, 3.05) is 27.6 Å². The number of hydrogen-bond acceptors (Lipinski definition) is 8. The number of benzene rings is 1. The Labute approximate surface area is 163 Å². The first-order valence-corrected chi connectivity index (χ1v) is 10.5. The molecule has 0 amide bonds. The van der Waals surface area contributed by atoms with Gasteiger partial charge in [0.05, 0.1) is 31.2 Å². The number of aromatic nitrogens is 1. The molecule has 2 aromatic heterocycles. The van der Waals surface area contributed by atoms with Gasteiger partial charge in [0.2, 0.25) is 0 Å². The van der Waals surface area contributed by atoms with E-state index < -0.39 is 0 Å². The summed E-state index contributed by atoms with van der Waals surface area (Å²) < 4.78 is 16.5. The molecule has 0 bridgehead atoms. The normalized spacial score (nSPS) is 10.6. The van der Waals surface area contributed by atoms with E-state index in [1.807, 2.05) is 35.9 Å². The molecule has 0 unspecified atom stereocenters. The second kappa shape index (κ2) is 8.11. The lowest BCUT2D eigenvalue weighted by Gasteiger charge is -2.06. The highest BCUT2D eigenvalue weighted by atomic mass is 32.2. The molecule has 0 aliphatic rings. The number of hydrogen-bond donors (Lipinski definition) is 0. The minimum atomic E-state index is -0.328. The second-order valence-corrected chi connectivity index (χ2v) is 8.13. The largest absolute Gasteiger partial charge is 0.497 e. The first kappa shape index (κ1) is 18.8. The maximum absolute atomic E-state index is 11.8. The summed E-state index contributed by atoms with van der Waals surface area (Å²) >= 11 is 4.55. The second-order valence-electron chi connectivity index (χ2n) is 5.15. The number of carbonyl (C=O) groups is 1. The Kier molecular flexibility index (Phi) is 5.85. The minimum absolute atomic E-state index is 0.328. The predicted molar refractivity (Wildman–Crippen MR) is 107 cm³/mol. The summed E-state index contributed by atoms with van der Waals surface area (Å²) in [7, 11) is 4.63. The van der Waals surface area contributed by atoms with Crippen LogP contribution in [-0.2, 0) is 4.74 Å². The van der Waals surface area contributed by atoms with Crippen LogP contribution in [0.4, 0.5) is 0 Å². The molecule has 0 saturated carbocycles. The van der Waals surface area contributed by atoms with Crippen LogP contribution in [0.5, 0.6) is 11.5 Å². The average Bonchev–Trinajstić information content (AvgIpc) is 3.33. The summed E-state index contributed by atoms with van der Waals surface area (Å²) in [6.07, 6.45) is 1.98. The first-order chi connectivity index (χ1) is 12.6. The predicted octanol–water partition coefficient (Wildman–Crippen LogP) is 5.06. The van der Waals surface area contributed by atoms with Gasteiger partial charge in [0.15, 0.2) is 0 Å². The lowest BCUT2D eigenvalue weighted by molar-refractivity contribution is 0.0606. The highest BCUT2D eigenvalue weighted by molar-refractivity contribution is 8.00. The van der Waals surface area contributed by atoms with Crippen LogP contribution in [0.15, 0.2) is 33.9 Å². The van der Waals surface area contributed by atoms with Crippen molar-refractivity contribution in [3.05, 3.63) is 34.5 Å². The van der Waals surface area contributed by atoms with Crippen molar-refractivity contribution in [2.45, 2.75) is 4.21 Å². The molecule has 5 nitrogen and oxygen atoms in total. The van der Waals surface area contributed by atoms with Gasteiger partial charge in [0, 0.05) is 22.6 Å². The molecule has 8 heteroatoms. The van der Waals surface area contributed by atoms with E-state index in [-0.39, 0.29) is 5.97 Å². The van der Waals surface area contributed by atoms with Gasteiger partial charge in [-0.25, -0.2) is 9.78 Å². The molecule has 0 aliphatic carbocycles. The third-order valence-corrected chi connectivity index (χ3v) is 6.78. The van der Waals surface area contributed by atoms with Gasteiger partial charge in [0.1, 0.15) is 21.4 Å². The van der Waals surface area contributed by atoms with E-state index in [1.165, 1.54) is 29.8 Å². The van der Waals surface area contributed by atoms with Gasteiger partial charge < -0.3 is 14.2 Å². The molecule has 0 aliphatic heterocycles. The Balaban J connectivity index is 2.01. The van der Waals surface area contributed by atoms with Crippen molar-refractivity contribution < 1.29 is 19.0 Å². The molecule has 0 spiro atoms. The molecule has 26 heavy (non-hydrogen) atoms. The molecule has 3 aromatic rings. The number of nitrogens with zero attached hydrogens (tertiary/aromatic N) is 1. The van der Waals surface area contributed by atoms with E-state index in [4.69, 9.17) is 19.2 Å². The monoisotopic (exact) mass is 407 g/mol. The van der Waals surface area contributed by atoms with Crippen LogP contribution in [0, 0.1) is 0 Å². The van der Waals surface area contributed by atoms with Crippen molar-refractivity contribution in [2.24, 2.45) is 0 Å². The third-order valence-electron chi connectivity index (χ3n) is 3.65. The number of rotatable bonds is 6. The average molecular weight is 408 g/mol. The molecular weight excluding hydrogens is 390 g/mol. The van der Waals surface area contributed by atoms with Crippen molar-refractivity contribution in [3.8, 4) is 33.3 Å². The fourth-order valence-corrected chi connectivity index (χ4v) is 5.13. The molecule has 0 saturated heterocycles. The van der Waals surface area contributed by atoms with Gasteiger partial charge in [-0.05, 0) is 24.5 Å². The molecule has 0 radical (unpaired) electrons. The Hall–Kier alpha value is -2.03. The summed E-state index contributed by atoms with van der Waals surface area (Å²) in [4.78, 5) is 17.2. The van der Waals surface area contributed by atoms with Crippen molar-refractivity contribution in [1.29, 1.82) is 0 Å². The summed E-state index contributed by atoms with van der Waals surface area (Å²) in [5, 5.41) is 2.85. The van der Waals surface area contributed by atoms with Crippen LogP contribution in [0.1, 0.15) is 9.67 Å². The molecule has 0 N–H and O–H groups in total. The van der Waals surface area contributed by atoms with Gasteiger partial charge in [-0.2, -0.15) is 0 Å². The Bertz CT molecular complexity index is 910. The Morgan fingerprint density at radius 3 is 2.35 bits per heavy atom. The van der Waals surface area contributed by atoms with Crippen LogP contribution in [0.2, 0.25) is 0 Å². The van der Waals surface area contributed by atoms with E-state index >= 15 is 0 Å². The molecule has 3 rings (SSSR count). The number of methoxy groups -OCH3 is 3. The zero-order chi connectivity index (χ0) is 18.7. The summed E-state index contributed by atoms with van der Waals surface area (Å²) in [5.41, 5.74) is 2.70. The smallest absolute Gasteiger partial charge is 0.348 e. The van der Waals surface area contributed by atoms with Gasteiger partial charge in [0.25, 0.3) is 0 Å². The number of thioether (sulfide) groups is 1. The minimum Gasteiger partial charge on any atom is -0.497 e. The number of ether oxygens (including phenoxy) is 3. The number of carbonyl (C=O) groups excluding carboxylic acids is 1. The Morgan fingerprint density at radius 2 is 1.77 bits per heavy atom. The van der Waals surface area contributed by atoms with Gasteiger partial charge in [-0.15, -0.1) is 34.4 Å². The Morgan fingerprint density at radius 1 is 1.08 bits per heavy atom. The number of thiazole rings is 1. The lowest BCUT2D eigenvalue weighted by atomic mass is 10.1. The van der Waals surface area contributed by atoms with E-state index in [2.05, 4.69) is 0 Å². The van der Waals surface area contributed by atoms with Crippen molar-refractivity contribution in [1.82, 2.24) is 4.98 Å².